The zero-order valence-corrected chi connectivity index (χ0v) is 16.2. The van der Waals surface area contributed by atoms with Crippen molar-refractivity contribution >= 4 is 16.6 Å². The molecule has 0 radical (unpaired) electrons. The van der Waals surface area contributed by atoms with Gasteiger partial charge in [-0.1, -0.05) is 25.1 Å². The number of nitrogens with one attached hydrogen (secondary N) is 1. The molecule has 0 spiro atoms. The van der Waals surface area contributed by atoms with Crippen molar-refractivity contribution < 1.29 is 0 Å². The Hall–Kier alpha value is -2.66. The van der Waals surface area contributed by atoms with Crippen LogP contribution in [0.5, 0.6) is 0 Å². The molecule has 1 aliphatic rings. The van der Waals surface area contributed by atoms with Crippen LogP contribution in [-0.4, -0.2) is 38.8 Å². The molecule has 27 heavy (non-hydrogen) atoms. The first-order chi connectivity index (χ1) is 13.1. The highest BCUT2D eigenvalue weighted by Crippen LogP contribution is 2.26. The molecule has 1 fully saturated rings. The molecule has 2 aromatic heterocycles. The van der Waals surface area contributed by atoms with Crippen LogP contribution < -0.4 is 5.32 Å². The average Bonchev–Trinajstić information content (AvgIpc) is 3.14. The Bertz CT molecular complexity index is 952. The Morgan fingerprint density at radius 1 is 1.07 bits per heavy atom. The lowest BCUT2D eigenvalue weighted by molar-refractivity contribution is 0.195. The van der Waals surface area contributed by atoms with Crippen molar-refractivity contribution in [3.05, 3.63) is 55.1 Å². The predicted molar refractivity (Wildman–Crippen MR) is 112 cm³/mol. The third-order valence-electron chi connectivity index (χ3n) is 5.49. The Morgan fingerprint density at radius 3 is 2.63 bits per heavy atom. The highest BCUT2D eigenvalue weighted by atomic mass is 15.2. The van der Waals surface area contributed by atoms with Crippen LogP contribution in [0.25, 0.3) is 21.9 Å². The van der Waals surface area contributed by atoms with Crippen LogP contribution in [0.2, 0.25) is 0 Å². The zero-order valence-electron chi connectivity index (χ0n) is 16.2. The monoisotopic (exact) mass is 361 g/mol. The fourth-order valence-corrected chi connectivity index (χ4v) is 3.75. The van der Waals surface area contributed by atoms with Crippen LogP contribution in [0, 0.1) is 0 Å². The Kier molecular flexibility index (Phi) is 4.94. The smallest absolute Gasteiger partial charge is 0.130 e. The lowest BCUT2D eigenvalue weighted by Crippen LogP contribution is -2.39. The fraction of sp³-hybridized carbons (Fsp3) is 0.364. The first-order valence-corrected chi connectivity index (χ1v) is 9.69. The van der Waals surface area contributed by atoms with E-state index in [2.05, 4.69) is 58.1 Å². The molecule has 1 saturated heterocycles. The summed E-state index contributed by atoms with van der Waals surface area (Å²) < 4.78 is 1.82. The van der Waals surface area contributed by atoms with E-state index in [1.165, 1.54) is 19.3 Å². The van der Waals surface area contributed by atoms with E-state index in [4.69, 9.17) is 0 Å². The highest BCUT2D eigenvalue weighted by Gasteiger charge is 2.19. The van der Waals surface area contributed by atoms with Gasteiger partial charge in [0.15, 0.2) is 0 Å². The number of aryl methyl sites for hydroxylation is 1. The van der Waals surface area contributed by atoms with E-state index in [0.29, 0.717) is 6.04 Å². The number of piperidine rings is 1. The molecule has 0 bridgehead atoms. The first kappa shape index (κ1) is 17.7. The maximum atomic E-state index is 4.57. The van der Waals surface area contributed by atoms with Crippen molar-refractivity contribution in [2.24, 2.45) is 7.05 Å². The van der Waals surface area contributed by atoms with Crippen molar-refractivity contribution in [2.45, 2.75) is 32.2 Å². The van der Waals surface area contributed by atoms with Crippen molar-refractivity contribution in [3.63, 3.8) is 0 Å². The van der Waals surface area contributed by atoms with Crippen LogP contribution in [0.3, 0.4) is 0 Å². The molecule has 3 aromatic rings. The normalized spacial score (nSPS) is 16.4. The van der Waals surface area contributed by atoms with Gasteiger partial charge >= 0.3 is 0 Å². The van der Waals surface area contributed by atoms with Gasteiger partial charge in [0.2, 0.25) is 0 Å². The van der Waals surface area contributed by atoms with Gasteiger partial charge in [0.1, 0.15) is 5.82 Å². The quantitative estimate of drug-likeness (QED) is 0.730. The van der Waals surface area contributed by atoms with Gasteiger partial charge in [-0.25, -0.2) is 4.98 Å². The molecule has 1 N–H and O–H groups in total. The van der Waals surface area contributed by atoms with Crippen molar-refractivity contribution in [2.75, 3.05) is 18.4 Å². The molecule has 5 heteroatoms. The lowest BCUT2D eigenvalue weighted by atomic mass is 10.0. The first-order valence-electron chi connectivity index (χ1n) is 9.69. The summed E-state index contributed by atoms with van der Waals surface area (Å²) in [6.07, 6.45) is 9.75. The summed E-state index contributed by atoms with van der Waals surface area (Å²) >= 11 is 0. The number of hydrogen-bond acceptors (Lipinski definition) is 4. The lowest BCUT2D eigenvalue weighted by Gasteiger charge is -2.33. The van der Waals surface area contributed by atoms with E-state index >= 15 is 0 Å². The minimum Gasteiger partial charge on any atom is -0.343 e. The molecule has 3 heterocycles. The number of likely N-dealkylation sites (tertiary alicyclic amines) is 1. The molecule has 1 unspecified atom stereocenters. The molecule has 0 amide bonds. The molecule has 5 nitrogen and oxygen atoms in total. The SMILES string of the molecule is C=C(Nc1cc2cc(-c3cnn(C)c3)ccc2cn1)C(C)N1CCCCC1. The molecule has 1 aliphatic heterocycles. The highest BCUT2D eigenvalue weighted by molar-refractivity contribution is 5.88. The van der Waals surface area contributed by atoms with Crippen molar-refractivity contribution in [1.29, 1.82) is 0 Å². The molecule has 1 aromatic carbocycles. The number of fused-ring (bicyclic) bond motifs is 1. The number of nitrogens with zero attached hydrogens (tertiary/aromatic N) is 4. The molecular weight excluding hydrogens is 334 g/mol. The standard InChI is InChI=1S/C22H27N5/c1-16(17(2)27-9-5-4-6-10-27)25-22-12-20-11-18(7-8-19(20)13-23-22)21-14-24-26(3)15-21/h7-8,11-15,17H,1,4-6,9-10H2,2-3H3,(H,23,25). The minimum absolute atomic E-state index is 0.310. The molecule has 4 rings (SSSR count). The topological polar surface area (TPSA) is 46.0 Å². The van der Waals surface area contributed by atoms with E-state index < -0.39 is 0 Å². The second kappa shape index (κ2) is 7.53. The van der Waals surface area contributed by atoms with Gasteiger partial charge in [-0.3, -0.25) is 9.58 Å². The van der Waals surface area contributed by atoms with E-state index in [0.717, 1.165) is 46.5 Å². The average molecular weight is 361 g/mol. The van der Waals surface area contributed by atoms with E-state index in [1.54, 1.807) is 0 Å². The number of aromatic nitrogens is 3. The third-order valence-corrected chi connectivity index (χ3v) is 5.49. The summed E-state index contributed by atoms with van der Waals surface area (Å²) in [5, 5.41) is 9.99. The summed E-state index contributed by atoms with van der Waals surface area (Å²) in [5.41, 5.74) is 3.29. The number of hydrogen-bond donors (Lipinski definition) is 1. The second-order valence-electron chi connectivity index (χ2n) is 7.46. The molecule has 0 aliphatic carbocycles. The maximum Gasteiger partial charge on any atom is 0.130 e. The summed E-state index contributed by atoms with van der Waals surface area (Å²) in [6, 6.07) is 8.83. The molecule has 0 saturated carbocycles. The Balaban J connectivity index is 1.54. The van der Waals surface area contributed by atoms with Gasteiger partial charge in [0, 0.05) is 42.1 Å². The van der Waals surface area contributed by atoms with Crippen LogP contribution in [0.1, 0.15) is 26.2 Å². The Labute approximate surface area is 160 Å². The van der Waals surface area contributed by atoms with Crippen LogP contribution in [0.4, 0.5) is 5.82 Å². The van der Waals surface area contributed by atoms with Crippen LogP contribution in [0.15, 0.2) is 55.1 Å². The van der Waals surface area contributed by atoms with Crippen molar-refractivity contribution in [3.8, 4) is 11.1 Å². The number of anilines is 1. The van der Waals surface area contributed by atoms with Gasteiger partial charge < -0.3 is 5.32 Å². The van der Waals surface area contributed by atoms with Crippen LogP contribution >= 0.6 is 0 Å². The third kappa shape index (κ3) is 3.88. The van der Waals surface area contributed by atoms with E-state index in [9.17, 15) is 0 Å². The van der Waals surface area contributed by atoms with Gasteiger partial charge in [-0.05, 0) is 55.9 Å². The van der Waals surface area contributed by atoms with Gasteiger partial charge in [0.05, 0.1) is 6.20 Å². The minimum atomic E-state index is 0.310. The summed E-state index contributed by atoms with van der Waals surface area (Å²) in [7, 11) is 1.94. The molecular formula is C22H27N5. The van der Waals surface area contributed by atoms with Gasteiger partial charge in [-0.15, -0.1) is 0 Å². The predicted octanol–water partition coefficient (Wildman–Crippen LogP) is 4.44. The number of benzene rings is 1. The van der Waals surface area contributed by atoms with E-state index in [-0.39, 0.29) is 0 Å². The summed E-state index contributed by atoms with van der Waals surface area (Å²) in [5.74, 6) is 0.847. The Morgan fingerprint density at radius 2 is 1.89 bits per heavy atom. The number of pyridine rings is 1. The van der Waals surface area contributed by atoms with Crippen molar-refractivity contribution in [1.82, 2.24) is 19.7 Å². The number of rotatable bonds is 5. The van der Waals surface area contributed by atoms with Gasteiger partial charge in [0.25, 0.3) is 0 Å². The summed E-state index contributed by atoms with van der Waals surface area (Å²) in [6.45, 7) is 8.80. The van der Waals surface area contributed by atoms with Crippen LogP contribution in [-0.2, 0) is 7.05 Å². The van der Waals surface area contributed by atoms with Gasteiger partial charge in [-0.2, -0.15) is 5.10 Å². The summed E-state index contributed by atoms with van der Waals surface area (Å²) in [4.78, 5) is 7.07. The zero-order chi connectivity index (χ0) is 18.8. The molecule has 1 atom stereocenters. The molecule has 140 valence electrons. The maximum absolute atomic E-state index is 4.57. The second-order valence-corrected chi connectivity index (χ2v) is 7.46. The van der Waals surface area contributed by atoms with E-state index in [1.807, 2.05) is 30.3 Å². The fourth-order valence-electron chi connectivity index (χ4n) is 3.75. The largest absolute Gasteiger partial charge is 0.343 e.